The molecule has 0 aromatic heterocycles. The number of thiol groups is 1. The number of hydrogen-bond donors (Lipinski definition) is 2. The molecule has 2 N–H and O–H groups in total. The van der Waals surface area contributed by atoms with Crippen LogP contribution in [-0.2, 0) is 12.8 Å². The number of nitrogens with two attached hydrogens (primary N) is 1. The molecule has 0 saturated heterocycles. The molecular formula is C25H39NS. The van der Waals surface area contributed by atoms with E-state index in [0.29, 0.717) is 11.8 Å². The van der Waals surface area contributed by atoms with Gasteiger partial charge in [0.05, 0.1) is 0 Å². The van der Waals surface area contributed by atoms with Crippen LogP contribution in [0.1, 0.15) is 94.4 Å². The van der Waals surface area contributed by atoms with Gasteiger partial charge in [0, 0.05) is 12.8 Å². The van der Waals surface area contributed by atoms with Crippen LogP contribution in [0.2, 0.25) is 0 Å². The zero-order valence-electron chi connectivity index (χ0n) is 18.1. The van der Waals surface area contributed by atoms with Crippen LogP contribution < -0.4 is 5.14 Å². The third kappa shape index (κ3) is 8.16. The first kappa shape index (κ1) is 23.9. The predicted octanol–water partition coefficient (Wildman–Crippen LogP) is 6.93. The second kappa shape index (κ2) is 13.1. The van der Waals surface area contributed by atoms with Crippen molar-refractivity contribution in [1.82, 2.24) is 0 Å². The quantitative estimate of drug-likeness (QED) is 0.236. The van der Waals surface area contributed by atoms with Gasteiger partial charge in [-0.25, -0.2) is 0 Å². The smallest absolute Gasteiger partial charge is 0.0340 e. The van der Waals surface area contributed by atoms with Gasteiger partial charge in [-0.1, -0.05) is 56.9 Å². The van der Waals surface area contributed by atoms with Crippen LogP contribution in [0.5, 0.6) is 0 Å². The first-order valence-corrected chi connectivity index (χ1v) is 11.0. The second-order valence-corrected chi connectivity index (χ2v) is 8.25. The highest BCUT2D eigenvalue weighted by molar-refractivity contribution is 7.77. The Hall–Kier alpha value is -1.17. The SMILES string of the molecule is CCCCC#CCc1cc(C)c(C2CCC=C(C)C2)c(CC(C)C)c1.NS. The van der Waals surface area contributed by atoms with Crippen LogP contribution in [0, 0.1) is 24.7 Å². The van der Waals surface area contributed by atoms with E-state index in [1.54, 1.807) is 16.7 Å². The van der Waals surface area contributed by atoms with Gasteiger partial charge < -0.3 is 0 Å². The summed E-state index contributed by atoms with van der Waals surface area (Å²) in [5.41, 5.74) is 7.69. The minimum Gasteiger partial charge on any atom is -0.281 e. The molecule has 27 heavy (non-hydrogen) atoms. The van der Waals surface area contributed by atoms with Crippen molar-refractivity contribution in [2.24, 2.45) is 11.1 Å². The molecule has 1 aromatic rings. The maximum atomic E-state index is 4.19. The topological polar surface area (TPSA) is 26.0 Å². The third-order valence-electron chi connectivity index (χ3n) is 5.22. The standard InChI is InChI=1S/C25H36.H3NS/c1-6-7-8-9-10-13-22-17-21(5)25(24(18-22)15-19(2)3)23-14-11-12-20(4)16-23;1-2/h12,17-19,23H,6-8,11,13-16H2,1-5H3;2H,1H2. The third-order valence-corrected chi connectivity index (χ3v) is 5.22. The Balaban J connectivity index is 0.00000176. The lowest BCUT2D eigenvalue weighted by molar-refractivity contribution is 0.574. The number of rotatable bonds is 6. The molecule has 0 fully saturated rings. The average molecular weight is 386 g/mol. The van der Waals surface area contributed by atoms with Gasteiger partial charge in [-0.3, -0.25) is 5.14 Å². The van der Waals surface area contributed by atoms with Crippen LogP contribution in [0.3, 0.4) is 0 Å². The predicted molar refractivity (Wildman–Crippen MR) is 124 cm³/mol. The molecule has 0 spiro atoms. The average Bonchev–Trinajstić information content (AvgIpc) is 2.62. The Morgan fingerprint density at radius 1 is 1.19 bits per heavy atom. The fourth-order valence-electron chi connectivity index (χ4n) is 4.12. The van der Waals surface area contributed by atoms with Gasteiger partial charge >= 0.3 is 0 Å². The van der Waals surface area contributed by atoms with E-state index in [1.165, 1.54) is 49.7 Å². The molecule has 1 unspecified atom stereocenters. The monoisotopic (exact) mass is 385 g/mol. The molecule has 2 rings (SSSR count). The van der Waals surface area contributed by atoms with Crippen LogP contribution in [0.4, 0.5) is 0 Å². The van der Waals surface area contributed by atoms with E-state index in [0.717, 1.165) is 12.8 Å². The van der Waals surface area contributed by atoms with Crippen molar-refractivity contribution < 1.29 is 0 Å². The van der Waals surface area contributed by atoms with Gasteiger partial charge in [-0.05, 0) is 80.0 Å². The van der Waals surface area contributed by atoms with Gasteiger partial charge in [-0.2, -0.15) is 0 Å². The highest BCUT2D eigenvalue weighted by Gasteiger charge is 2.21. The van der Waals surface area contributed by atoms with E-state index in [9.17, 15) is 0 Å². The molecule has 1 aromatic carbocycles. The van der Waals surface area contributed by atoms with E-state index in [2.05, 4.69) is 82.6 Å². The Labute approximate surface area is 173 Å². The number of allylic oxidation sites excluding steroid dienone is 2. The molecule has 0 aliphatic heterocycles. The molecule has 0 heterocycles. The van der Waals surface area contributed by atoms with Crippen molar-refractivity contribution >= 4 is 12.8 Å². The van der Waals surface area contributed by atoms with E-state index < -0.39 is 0 Å². The number of benzene rings is 1. The lowest BCUT2D eigenvalue weighted by atomic mass is 9.78. The van der Waals surface area contributed by atoms with Gasteiger partial charge in [0.15, 0.2) is 0 Å². The van der Waals surface area contributed by atoms with Crippen LogP contribution in [0.15, 0.2) is 23.8 Å². The first-order valence-electron chi connectivity index (χ1n) is 10.5. The fourth-order valence-corrected chi connectivity index (χ4v) is 4.12. The minimum absolute atomic E-state index is 0.698. The number of hydrogen-bond acceptors (Lipinski definition) is 2. The van der Waals surface area contributed by atoms with Crippen molar-refractivity contribution in [1.29, 1.82) is 0 Å². The highest BCUT2D eigenvalue weighted by atomic mass is 32.1. The molecule has 1 aliphatic rings. The van der Waals surface area contributed by atoms with E-state index in [1.807, 2.05) is 0 Å². The zero-order chi connectivity index (χ0) is 20.2. The summed E-state index contributed by atoms with van der Waals surface area (Å²) in [6.07, 6.45) is 11.8. The maximum absolute atomic E-state index is 4.19. The summed E-state index contributed by atoms with van der Waals surface area (Å²) in [7, 11) is 0. The van der Waals surface area contributed by atoms with Gasteiger partial charge in [0.1, 0.15) is 0 Å². The Morgan fingerprint density at radius 2 is 1.93 bits per heavy atom. The maximum Gasteiger partial charge on any atom is 0.0340 e. The summed E-state index contributed by atoms with van der Waals surface area (Å²) in [5.74, 6) is 8.14. The van der Waals surface area contributed by atoms with E-state index >= 15 is 0 Å². The van der Waals surface area contributed by atoms with Crippen LogP contribution in [-0.4, -0.2) is 0 Å². The molecule has 0 bridgehead atoms. The van der Waals surface area contributed by atoms with Crippen LogP contribution in [0.25, 0.3) is 0 Å². The van der Waals surface area contributed by atoms with Crippen LogP contribution >= 0.6 is 12.8 Å². The van der Waals surface area contributed by atoms with Crippen molar-refractivity contribution in [3.05, 3.63) is 46.0 Å². The number of aryl methyl sites for hydroxylation is 1. The highest BCUT2D eigenvalue weighted by Crippen LogP contribution is 2.37. The van der Waals surface area contributed by atoms with E-state index in [-0.39, 0.29) is 0 Å². The first-order chi connectivity index (χ1) is 13.0. The Bertz CT molecular complexity index is 661. The molecule has 1 atom stereocenters. The molecule has 0 saturated carbocycles. The summed E-state index contributed by atoms with van der Waals surface area (Å²) in [6, 6.07) is 4.87. The largest absolute Gasteiger partial charge is 0.281 e. The molecule has 150 valence electrons. The molecule has 0 radical (unpaired) electrons. The molecule has 1 aliphatic carbocycles. The van der Waals surface area contributed by atoms with Gasteiger partial charge in [0.25, 0.3) is 0 Å². The number of unbranched alkanes of at least 4 members (excludes halogenated alkanes) is 2. The van der Waals surface area contributed by atoms with Gasteiger partial charge in [0.2, 0.25) is 0 Å². The van der Waals surface area contributed by atoms with E-state index in [4.69, 9.17) is 0 Å². The summed E-state index contributed by atoms with van der Waals surface area (Å²) in [6.45, 7) is 11.5. The minimum atomic E-state index is 0.698. The molecule has 0 amide bonds. The lowest BCUT2D eigenvalue weighted by Gasteiger charge is -2.27. The summed E-state index contributed by atoms with van der Waals surface area (Å²) >= 11 is 3.03. The fraction of sp³-hybridized carbons (Fsp3) is 0.600. The summed E-state index contributed by atoms with van der Waals surface area (Å²) < 4.78 is 0. The lowest BCUT2D eigenvalue weighted by Crippen LogP contribution is -2.11. The van der Waals surface area contributed by atoms with Crippen molar-refractivity contribution in [2.45, 2.75) is 91.9 Å². The second-order valence-electron chi connectivity index (χ2n) is 8.25. The van der Waals surface area contributed by atoms with Crippen molar-refractivity contribution in [3.63, 3.8) is 0 Å². The Morgan fingerprint density at radius 3 is 2.56 bits per heavy atom. The Kier molecular flexibility index (Phi) is 11.6. The van der Waals surface area contributed by atoms with Gasteiger partial charge in [-0.15, -0.1) is 18.7 Å². The molecule has 2 heteroatoms. The zero-order valence-corrected chi connectivity index (χ0v) is 19.0. The van der Waals surface area contributed by atoms with Crippen molar-refractivity contribution in [2.75, 3.05) is 0 Å². The summed E-state index contributed by atoms with van der Waals surface area (Å²) in [4.78, 5) is 0. The van der Waals surface area contributed by atoms with Crippen molar-refractivity contribution in [3.8, 4) is 11.8 Å². The molecule has 1 nitrogen and oxygen atoms in total. The summed E-state index contributed by atoms with van der Waals surface area (Å²) in [5, 5.41) is 4.19. The molecular weight excluding hydrogens is 346 g/mol. The normalized spacial score (nSPS) is 16.1.